The topological polar surface area (TPSA) is 77.9 Å². The number of nitrogens with zero attached hydrogens (tertiary/aromatic N) is 1. The van der Waals surface area contributed by atoms with Crippen LogP contribution in [-0.4, -0.2) is 29.3 Å². The molecular formula is C24H23NO5. The van der Waals surface area contributed by atoms with E-state index in [-0.39, 0.29) is 12.5 Å². The quantitative estimate of drug-likeness (QED) is 0.579. The summed E-state index contributed by atoms with van der Waals surface area (Å²) < 4.78 is 17.7. The molecule has 30 heavy (non-hydrogen) atoms. The van der Waals surface area contributed by atoms with Gasteiger partial charge in [-0.25, -0.2) is 0 Å². The molecule has 1 aliphatic heterocycles. The molecule has 0 bridgehead atoms. The van der Waals surface area contributed by atoms with Crippen molar-refractivity contribution in [3.8, 4) is 22.6 Å². The number of pyridine rings is 1. The van der Waals surface area contributed by atoms with Crippen LogP contribution in [-0.2, 0) is 9.53 Å². The molecule has 154 valence electrons. The maximum Gasteiger partial charge on any atom is 0.306 e. The minimum atomic E-state index is -0.891. The maximum absolute atomic E-state index is 11.1. The first-order valence-electron chi connectivity index (χ1n) is 9.92. The van der Waals surface area contributed by atoms with Crippen LogP contribution < -0.4 is 9.47 Å². The highest BCUT2D eigenvalue weighted by atomic mass is 16.5. The summed E-state index contributed by atoms with van der Waals surface area (Å²) in [4.78, 5) is 15.3. The smallest absolute Gasteiger partial charge is 0.306 e. The van der Waals surface area contributed by atoms with E-state index in [1.807, 2.05) is 67.7 Å². The molecule has 2 aromatic carbocycles. The Labute approximate surface area is 175 Å². The van der Waals surface area contributed by atoms with Crippen LogP contribution in [0.25, 0.3) is 11.1 Å². The first-order chi connectivity index (χ1) is 14.7. The van der Waals surface area contributed by atoms with Crippen molar-refractivity contribution < 1.29 is 24.1 Å². The van der Waals surface area contributed by atoms with Gasteiger partial charge in [0.2, 0.25) is 0 Å². The lowest BCUT2D eigenvalue weighted by molar-refractivity contribution is -0.140. The molecule has 0 spiro atoms. The molecule has 1 aliphatic rings. The number of hydrogen-bond acceptors (Lipinski definition) is 5. The monoisotopic (exact) mass is 405 g/mol. The lowest BCUT2D eigenvalue weighted by atomic mass is 10.0. The summed E-state index contributed by atoms with van der Waals surface area (Å²) >= 11 is 0. The van der Waals surface area contributed by atoms with Crippen molar-refractivity contribution in [1.29, 1.82) is 0 Å². The highest BCUT2D eigenvalue weighted by Crippen LogP contribution is 2.42. The molecule has 1 aromatic heterocycles. The van der Waals surface area contributed by atoms with E-state index in [1.165, 1.54) is 0 Å². The number of para-hydroxylation sites is 1. The number of rotatable bonds is 8. The summed E-state index contributed by atoms with van der Waals surface area (Å²) in [6.45, 7) is 2.73. The fourth-order valence-corrected chi connectivity index (χ4v) is 3.62. The summed E-state index contributed by atoms with van der Waals surface area (Å²) in [6, 6.07) is 17.3. The van der Waals surface area contributed by atoms with Crippen LogP contribution in [0.3, 0.4) is 0 Å². The Bertz CT molecular complexity index is 1000. The second-order valence-electron chi connectivity index (χ2n) is 6.99. The van der Waals surface area contributed by atoms with Gasteiger partial charge in [0.05, 0.1) is 12.5 Å². The summed E-state index contributed by atoms with van der Waals surface area (Å²) in [7, 11) is 0. The Hall–Kier alpha value is -3.38. The number of carboxylic acid groups (broad SMARTS) is 1. The van der Waals surface area contributed by atoms with E-state index in [9.17, 15) is 4.79 Å². The van der Waals surface area contributed by atoms with Crippen LogP contribution in [0, 0.1) is 0 Å². The summed E-state index contributed by atoms with van der Waals surface area (Å²) in [5.41, 5.74) is 3.81. The first kappa shape index (κ1) is 19.9. The van der Waals surface area contributed by atoms with Gasteiger partial charge < -0.3 is 19.3 Å². The average Bonchev–Trinajstić information content (AvgIpc) is 3.17. The highest BCUT2D eigenvalue weighted by Gasteiger charge is 2.28. The molecule has 2 atom stereocenters. The van der Waals surface area contributed by atoms with E-state index in [2.05, 4.69) is 4.98 Å². The Morgan fingerprint density at radius 2 is 2.03 bits per heavy atom. The number of aliphatic carboxylic acids is 1. The second kappa shape index (κ2) is 8.97. The zero-order valence-corrected chi connectivity index (χ0v) is 16.7. The highest BCUT2D eigenvalue weighted by molar-refractivity contribution is 5.72. The number of carboxylic acids is 1. The predicted octanol–water partition coefficient (Wildman–Crippen LogP) is 4.81. The van der Waals surface area contributed by atoms with E-state index in [0.717, 1.165) is 28.0 Å². The van der Waals surface area contributed by atoms with Gasteiger partial charge in [0.15, 0.2) is 6.10 Å². The van der Waals surface area contributed by atoms with Gasteiger partial charge in [-0.05, 0) is 30.7 Å². The lowest BCUT2D eigenvalue weighted by Gasteiger charge is -2.17. The SMILES string of the molecule is CCO[C@@H](CC(=O)O)c1ccc(O[C@@H]2COc3c(-c4cccnc4)cccc32)cc1. The van der Waals surface area contributed by atoms with Crippen LogP contribution >= 0.6 is 0 Å². The number of ether oxygens (including phenoxy) is 3. The third kappa shape index (κ3) is 4.28. The summed E-state index contributed by atoms with van der Waals surface area (Å²) in [5, 5.41) is 9.09. The van der Waals surface area contributed by atoms with E-state index in [4.69, 9.17) is 19.3 Å². The molecule has 0 amide bonds. The fourth-order valence-electron chi connectivity index (χ4n) is 3.62. The Morgan fingerprint density at radius 3 is 2.73 bits per heavy atom. The Morgan fingerprint density at radius 1 is 1.20 bits per heavy atom. The molecular weight excluding hydrogens is 382 g/mol. The first-order valence-corrected chi connectivity index (χ1v) is 9.92. The standard InChI is InChI=1S/C24H23NO5/c1-2-28-21(13-23(26)27)16-8-10-18(11-9-16)30-22-15-29-24-19(6-3-7-20(22)24)17-5-4-12-25-14-17/h3-12,14,21-22H,2,13,15H2,1H3,(H,26,27)/t21-,22+/m0/s1. The molecule has 0 saturated heterocycles. The maximum atomic E-state index is 11.1. The van der Waals surface area contributed by atoms with E-state index >= 15 is 0 Å². The molecule has 0 fully saturated rings. The molecule has 0 saturated carbocycles. The minimum Gasteiger partial charge on any atom is -0.488 e. The van der Waals surface area contributed by atoms with Crippen molar-refractivity contribution in [3.05, 3.63) is 78.1 Å². The van der Waals surface area contributed by atoms with Crippen LogP contribution in [0.15, 0.2) is 67.0 Å². The molecule has 6 nitrogen and oxygen atoms in total. The van der Waals surface area contributed by atoms with Gasteiger partial charge in [0.1, 0.15) is 18.1 Å². The van der Waals surface area contributed by atoms with Crippen molar-refractivity contribution in [2.24, 2.45) is 0 Å². The van der Waals surface area contributed by atoms with E-state index in [0.29, 0.717) is 19.0 Å². The van der Waals surface area contributed by atoms with Gasteiger partial charge in [-0.1, -0.05) is 36.4 Å². The third-order valence-electron chi connectivity index (χ3n) is 5.00. The fraction of sp³-hybridized carbons (Fsp3) is 0.250. The van der Waals surface area contributed by atoms with Crippen molar-refractivity contribution in [1.82, 2.24) is 4.98 Å². The third-order valence-corrected chi connectivity index (χ3v) is 5.00. The lowest BCUT2D eigenvalue weighted by Crippen LogP contribution is -2.11. The number of carbonyl (C=O) groups is 1. The van der Waals surface area contributed by atoms with Crippen molar-refractivity contribution >= 4 is 5.97 Å². The van der Waals surface area contributed by atoms with Crippen LogP contribution in [0.2, 0.25) is 0 Å². The van der Waals surface area contributed by atoms with Gasteiger partial charge in [0.25, 0.3) is 0 Å². The molecule has 1 N–H and O–H groups in total. The molecule has 0 radical (unpaired) electrons. The van der Waals surface area contributed by atoms with Crippen molar-refractivity contribution in [2.45, 2.75) is 25.6 Å². The normalized spacial score (nSPS) is 15.8. The van der Waals surface area contributed by atoms with Gasteiger partial charge in [-0.2, -0.15) is 0 Å². The number of fused-ring (bicyclic) bond motifs is 1. The average molecular weight is 405 g/mol. The number of benzene rings is 2. The molecule has 4 rings (SSSR count). The molecule has 0 aliphatic carbocycles. The Balaban J connectivity index is 1.51. The van der Waals surface area contributed by atoms with Crippen LogP contribution in [0.5, 0.6) is 11.5 Å². The molecule has 0 unspecified atom stereocenters. The van der Waals surface area contributed by atoms with E-state index in [1.54, 1.807) is 6.20 Å². The van der Waals surface area contributed by atoms with E-state index < -0.39 is 12.1 Å². The second-order valence-corrected chi connectivity index (χ2v) is 6.99. The van der Waals surface area contributed by atoms with Gasteiger partial charge in [-0.15, -0.1) is 0 Å². The summed E-state index contributed by atoms with van der Waals surface area (Å²) in [6.07, 6.45) is 2.80. The van der Waals surface area contributed by atoms with Gasteiger partial charge >= 0.3 is 5.97 Å². The largest absolute Gasteiger partial charge is 0.488 e. The van der Waals surface area contributed by atoms with Gasteiger partial charge in [0, 0.05) is 35.7 Å². The van der Waals surface area contributed by atoms with Gasteiger partial charge in [-0.3, -0.25) is 9.78 Å². The zero-order chi connectivity index (χ0) is 20.9. The Kier molecular flexibility index (Phi) is 5.95. The summed E-state index contributed by atoms with van der Waals surface area (Å²) in [5.74, 6) is 0.625. The molecule has 3 aromatic rings. The zero-order valence-electron chi connectivity index (χ0n) is 16.7. The molecule has 2 heterocycles. The number of hydrogen-bond donors (Lipinski definition) is 1. The minimum absolute atomic E-state index is 0.0744. The molecule has 6 heteroatoms. The number of aromatic nitrogens is 1. The van der Waals surface area contributed by atoms with Crippen molar-refractivity contribution in [3.63, 3.8) is 0 Å². The predicted molar refractivity (Wildman–Crippen MR) is 112 cm³/mol. The van der Waals surface area contributed by atoms with Crippen LogP contribution in [0.4, 0.5) is 0 Å². The van der Waals surface area contributed by atoms with Crippen molar-refractivity contribution in [2.75, 3.05) is 13.2 Å². The van der Waals surface area contributed by atoms with Crippen LogP contribution in [0.1, 0.15) is 36.7 Å².